The fourth-order valence-electron chi connectivity index (χ4n) is 3.34. The second-order valence-electron chi connectivity index (χ2n) is 7.13. The number of hydrogen-bond donors (Lipinski definition) is 2. The van der Waals surface area contributed by atoms with Gasteiger partial charge in [-0.05, 0) is 50.7 Å². The summed E-state index contributed by atoms with van der Waals surface area (Å²) in [4.78, 5) is -0.00625. The van der Waals surface area contributed by atoms with Crippen LogP contribution in [0.15, 0.2) is 34.3 Å². The van der Waals surface area contributed by atoms with Gasteiger partial charge in [0.25, 0.3) is 0 Å². The van der Waals surface area contributed by atoms with E-state index >= 15 is 0 Å². The second kappa shape index (κ2) is 9.65. The highest BCUT2D eigenvalue weighted by Gasteiger charge is 2.35. The number of aliphatic hydroxyl groups excluding tert-OH is 1. The van der Waals surface area contributed by atoms with Crippen LogP contribution < -0.4 is 5.43 Å². The fourth-order valence-corrected chi connectivity index (χ4v) is 5.25. The number of nitrogens with zero attached hydrogens (tertiary/aromatic N) is 4. The summed E-state index contributed by atoms with van der Waals surface area (Å²) in [5.41, 5.74) is 2.28. The summed E-state index contributed by atoms with van der Waals surface area (Å²) in [6.07, 6.45) is 2.56. The zero-order valence-corrected chi connectivity index (χ0v) is 16.9. The van der Waals surface area contributed by atoms with Crippen LogP contribution in [-0.2, 0) is 10.0 Å². The molecule has 1 aromatic rings. The van der Waals surface area contributed by atoms with Gasteiger partial charge < -0.3 is 5.11 Å². The Morgan fingerprint density at radius 3 is 2.46 bits per heavy atom. The summed E-state index contributed by atoms with van der Waals surface area (Å²) in [6.45, 7) is 3.72. The molecule has 1 aliphatic carbocycles. The van der Waals surface area contributed by atoms with Gasteiger partial charge in [0, 0.05) is 12.6 Å². The minimum Gasteiger partial charge on any atom is -0.392 e. The van der Waals surface area contributed by atoms with E-state index in [4.69, 9.17) is 10.5 Å². The molecule has 1 saturated carbocycles. The molecule has 1 fully saturated rings. The first kappa shape index (κ1) is 21.8. The van der Waals surface area contributed by atoms with Crippen molar-refractivity contribution >= 4 is 21.4 Å². The third-order valence-corrected chi connectivity index (χ3v) is 6.79. The van der Waals surface area contributed by atoms with E-state index < -0.39 is 21.8 Å². The molecule has 150 valence electrons. The molecule has 0 amide bonds. The third-order valence-electron chi connectivity index (χ3n) is 4.81. The maximum absolute atomic E-state index is 13.4. The molecule has 9 heteroatoms. The van der Waals surface area contributed by atoms with Crippen molar-refractivity contribution in [1.82, 2.24) is 4.31 Å². The minimum absolute atomic E-state index is 0.000619. The normalized spacial score (nSPS) is 20.6. The molecule has 0 bridgehead atoms. The van der Waals surface area contributed by atoms with Gasteiger partial charge in [-0.2, -0.15) is 19.9 Å². The Kier molecular flexibility index (Phi) is 7.53. The highest BCUT2D eigenvalue weighted by atomic mass is 32.2. The monoisotopic (exact) mass is 403 g/mol. The molecule has 8 nitrogen and oxygen atoms in total. The number of aliphatic hydroxyl groups is 1. The number of anilines is 1. The van der Waals surface area contributed by atoms with Crippen molar-refractivity contribution in [3.8, 4) is 12.1 Å². The molecule has 0 saturated heterocycles. The molecule has 0 radical (unpaired) electrons. The van der Waals surface area contributed by atoms with Gasteiger partial charge in [-0.25, -0.2) is 8.42 Å². The Balaban J connectivity index is 2.41. The van der Waals surface area contributed by atoms with Crippen LogP contribution in [0.1, 0.15) is 39.5 Å². The molecular weight excluding hydrogens is 378 g/mol. The van der Waals surface area contributed by atoms with Gasteiger partial charge >= 0.3 is 0 Å². The summed E-state index contributed by atoms with van der Waals surface area (Å²) in [5.74, 6) is 0.561. The minimum atomic E-state index is -3.93. The number of hydrogen-bond acceptors (Lipinski definition) is 7. The molecule has 2 N–H and O–H groups in total. The van der Waals surface area contributed by atoms with Crippen LogP contribution in [0.4, 0.5) is 5.69 Å². The van der Waals surface area contributed by atoms with Crippen LogP contribution in [0.3, 0.4) is 0 Å². The third kappa shape index (κ3) is 5.29. The number of nitriles is 2. The lowest BCUT2D eigenvalue weighted by atomic mass is 9.87. The summed E-state index contributed by atoms with van der Waals surface area (Å²) in [5, 5.41) is 31.2. The van der Waals surface area contributed by atoms with Crippen LogP contribution in [0.25, 0.3) is 0 Å². The Hall–Kier alpha value is -2.46. The molecule has 0 heterocycles. The van der Waals surface area contributed by atoms with Gasteiger partial charge in [0.05, 0.1) is 11.8 Å². The number of para-hydroxylation sites is 1. The highest BCUT2D eigenvalue weighted by Crippen LogP contribution is 2.33. The van der Waals surface area contributed by atoms with Crippen molar-refractivity contribution in [3.63, 3.8) is 0 Å². The average molecular weight is 404 g/mol. The zero-order chi connectivity index (χ0) is 20.7. The van der Waals surface area contributed by atoms with Gasteiger partial charge in [0.1, 0.15) is 17.0 Å². The largest absolute Gasteiger partial charge is 0.392 e. The fraction of sp³-hybridized carbons (Fsp3) is 0.526. The van der Waals surface area contributed by atoms with Crippen LogP contribution in [0.2, 0.25) is 0 Å². The van der Waals surface area contributed by atoms with Gasteiger partial charge in [-0.1, -0.05) is 19.1 Å². The molecule has 0 aliphatic heterocycles. The van der Waals surface area contributed by atoms with E-state index in [2.05, 4.69) is 17.5 Å². The van der Waals surface area contributed by atoms with Crippen LogP contribution >= 0.6 is 0 Å². The predicted molar refractivity (Wildman–Crippen MR) is 106 cm³/mol. The average Bonchev–Trinajstić information content (AvgIpc) is 2.68. The molecule has 1 aliphatic rings. The van der Waals surface area contributed by atoms with Crippen molar-refractivity contribution in [2.75, 3.05) is 12.0 Å². The van der Waals surface area contributed by atoms with Crippen LogP contribution in [0.5, 0.6) is 0 Å². The smallest absolute Gasteiger partial charge is 0.245 e. The number of hydrazone groups is 1. The maximum Gasteiger partial charge on any atom is 0.245 e. The SMILES string of the molecule is CC(O)CN(C1CCC(C)CC1)S(=O)(=O)c1ccccc1NN=C(C#N)C#N. The standard InChI is InChI=1S/C19H25N5O3S/c1-14-7-9-17(10-8-14)24(13-15(2)25)28(26,27)19-6-4-3-5-18(19)23-22-16(11-20)12-21/h3-6,14-15,17,23,25H,7-10,13H2,1-2H3. The van der Waals surface area contributed by atoms with Crippen molar-refractivity contribution < 1.29 is 13.5 Å². The Morgan fingerprint density at radius 1 is 1.29 bits per heavy atom. The predicted octanol–water partition coefficient (Wildman–Crippen LogP) is 2.45. The number of nitrogens with one attached hydrogen (secondary N) is 1. The second-order valence-corrected chi connectivity index (χ2v) is 8.99. The van der Waals surface area contributed by atoms with E-state index in [0.717, 1.165) is 25.7 Å². The van der Waals surface area contributed by atoms with E-state index in [1.807, 2.05) is 0 Å². The molecule has 1 atom stereocenters. The number of sulfonamides is 1. The first-order valence-electron chi connectivity index (χ1n) is 9.22. The molecule has 1 unspecified atom stereocenters. The van der Waals surface area contributed by atoms with Gasteiger partial charge in [-0.15, -0.1) is 0 Å². The van der Waals surface area contributed by atoms with E-state index in [1.165, 1.54) is 16.4 Å². The number of benzene rings is 1. The summed E-state index contributed by atoms with van der Waals surface area (Å²) < 4.78 is 28.3. The van der Waals surface area contributed by atoms with E-state index in [-0.39, 0.29) is 23.2 Å². The van der Waals surface area contributed by atoms with Crippen molar-refractivity contribution in [2.45, 2.75) is 56.6 Å². The molecule has 2 rings (SSSR count). The Bertz CT molecular complexity index is 875. The van der Waals surface area contributed by atoms with Gasteiger partial charge in [-0.3, -0.25) is 5.43 Å². The molecule has 1 aromatic carbocycles. The lowest BCUT2D eigenvalue weighted by Crippen LogP contribution is -2.45. The maximum atomic E-state index is 13.4. The number of rotatable bonds is 7. The van der Waals surface area contributed by atoms with Crippen LogP contribution in [-0.4, -0.2) is 42.2 Å². The van der Waals surface area contributed by atoms with Crippen LogP contribution in [0, 0.1) is 28.6 Å². The topological polar surface area (TPSA) is 130 Å². The molecular formula is C19H25N5O3S. The van der Waals surface area contributed by atoms with E-state index in [9.17, 15) is 13.5 Å². The molecule has 0 aromatic heterocycles. The highest BCUT2D eigenvalue weighted by molar-refractivity contribution is 7.89. The summed E-state index contributed by atoms with van der Waals surface area (Å²) in [6, 6.07) is 9.26. The van der Waals surface area contributed by atoms with Crippen molar-refractivity contribution in [3.05, 3.63) is 24.3 Å². The molecule has 0 spiro atoms. The summed E-state index contributed by atoms with van der Waals surface area (Å²) >= 11 is 0. The van der Waals surface area contributed by atoms with Gasteiger partial charge in [0.15, 0.2) is 0 Å². The Morgan fingerprint density at radius 2 is 1.89 bits per heavy atom. The van der Waals surface area contributed by atoms with Crippen molar-refractivity contribution in [1.29, 1.82) is 10.5 Å². The lowest BCUT2D eigenvalue weighted by molar-refractivity contribution is 0.130. The first-order chi connectivity index (χ1) is 13.3. The van der Waals surface area contributed by atoms with E-state index in [0.29, 0.717) is 5.92 Å². The quantitative estimate of drug-likeness (QED) is 0.531. The van der Waals surface area contributed by atoms with E-state index in [1.54, 1.807) is 31.2 Å². The summed E-state index contributed by atoms with van der Waals surface area (Å²) in [7, 11) is -3.93. The lowest BCUT2D eigenvalue weighted by Gasteiger charge is -2.36. The molecule has 28 heavy (non-hydrogen) atoms. The van der Waals surface area contributed by atoms with Gasteiger partial charge in [0.2, 0.25) is 15.7 Å². The Labute approximate surface area is 166 Å². The van der Waals surface area contributed by atoms with Crippen molar-refractivity contribution in [2.24, 2.45) is 11.0 Å². The first-order valence-corrected chi connectivity index (χ1v) is 10.7. The zero-order valence-electron chi connectivity index (χ0n) is 16.0.